The highest BCUT2D eigenvalue weighted by molar-refractivity contribution is 5.92. The number of hydrogen-bond acceptors (Lipinski definition) is 3. The molecule has 1 aromatic heterocycles. The molecule has 0 radical (unpaired) electrons. The van der Waals surface area contributed by atoms with Crippen LogP contribution in [0.3, 0.4) is 0 Å². The lowest BCUT2D eigenvalue weighted by atomic mass is 9.95. The van der Waals surface area contributed by atoms with E-state index in [1.54, 1.807) is 24.3 Å². The number of halogens is 2. The van der Waals surface area contributed by atoms with Gasteiger partial charge < -0.3 is 15.1 Å². The van der Waals surface area contributed by atoms with Crippen molar-refractivity contribution >= 4 is 18.3 Å². The van der Waals surface area contributed by atoms with Crippen molar-refractivity contribution in [3.05, 3.63) is 48.0 Å². The Hall–Kier alpha value is -1.85. The number of furan rings is 1. The summed E-state index contributed by atoms with van der Waals surface area (Å²) in [6, 6.07) is 9.54. The van der Waals surface area contributed by atoms with E-state index in [1.807, 2.05) is 0 Å². The van der Waals surface area contributed by atoms with Crippen molar-refractivity contribution in [2.45, 2.75) is 19.4 Å². The van der Waals surface area contributed by atoms with Gasteiger partial charge in [0.05, 0.1) is 0 Å². The average molecular weight is 339 g/mol. The normalized spacial score (nSPS) is 20.6. The molecule has 0 bridgehead atoms. The van der Waals surface area contributed by atoms with Gasteiger partial charge in [-0.15, -0.1) is 12.4 Å². The molecule has 124 valence electrons. The molecule has 1 aromatic carbocycles. The number of hydrogen-bond donors (Lipinski definition) is 2. The van der Waals surface area contributed by atoms with E-state index in [0.717, 1.165) is 25.1 Å². The van der Waals surface area contributed by atoms with E-state index in [9.17, 15) is 9.18 Å². The van der Waals surface area contributed by atoms with Crippen LogP contribution in [0.4, 0.5) is 4.39 Å². The van der Waals surface area contributed by atoms with Gasteiger partial charge >= 0.3 is 0 Å². The molecular weight excluding hydrogens is 319 g/mol. The second kappa shape index (κ2) is 7.62. The molecule has 2 unspecified atom stereocenters. The topological polar surface area (TPSA) is 54.3 Å². The molecule has 23 heavy (non-hydrogen) atoms. The summed E-state index contributed by atoms with van der Waals surface area (Å²) in [6.45, 7) is 3.93. The van der Waals surface area contributed by atoms with Crippen molar-refractivity contribution in [2.24, 2.45) is 5.92 Å². The summed E-state index contributed by atoms with van der Waals surface area (Å²) in [6.07, 6.45) is 0.915. The minimum Gasteiger partial charge on any atom is -0.451 e. The summed E-state index contributed by atoms with van der Waals surface area (Å²) in [5, 5.41) is 6.33. The number of piperidine rings is 1. The molecule has 2 aromatic rings. The van der Waals surface area contributed by atoms with E-state index >= 15 is 0 Å². The summed E-state index contributed by atoms with van der Waals surface area (Å²) in [5.74, 6) is 0.734. The summed E-state index contributed by atoms with van der Waals surface area (Å²) in [4.78, 5) is 12.3. The van der Waals surface area contributed by atoms with E-state index < -0.39 is 0 Å². The van der Waals surface area contributed by atoms with E-state index in [2.05, 4.69) is 17.6 Å². The van der Waals surface area contributed by atoms with Gasteiger partial charge in [0.15, 0.2) is 5.76 Å². The van der Waals surface area contributed by atoms with Crippen LogP contribution >= 0.6 is 12.4 Å². The van der Waals surface area contributed by atoms with Crippen LogP contribution in [-0.4, -0.2) is 25.0 Å². The highest BCUT2D eigenvalue weighted by Crippen LogP contribution is 2.22. The van der Waals surface area contributed by atoms with Crippen molar-refractivity contribution in [2.75, 3.05) is 13.1 Å². The molecule has 1 aliphatic heterocycles. The Kier molecular flexibility index (Phi) is 5.80. The van der Waals surface area contributed by atoms with Crippen molar-refractivity contribution in [1.82, 2.24) is 10.6 Å². The van der Waals surface area contributed by atoms with Gasteiger partial charge in [0, 0.05) is 11.6 Å². The second-order valence-electron chi connectivity index (χ2n) is 5.72. The summed E-state index contributed by atoms with van der Waals surface area (Å²) < 4.78 is 18.5. The number of nitrogens with one attached hydrogen (secondary N) is 2. The largest absolute Gasteiger partial charge is 0.451 e. The molecule has 6 heteroatoms. The Morgan fingerprint density at radius 2 is 2.00 bits per heavy atom. The van der Waals surface area contributed by atoms with Crippen molar-refractivity contribution < 1.29 is 13.6 Å². The van der Waals surface area contributed by atoms with Crippen LogP contribution in [0.25, 0.3) is 11.3 Å². The monoisotopic (exact) mass is 338 g/mol. The van der Waals surface area contributed by atoms with Crippen molar-refractivity contribution in [3.8, 4) is 11.3 Å². The van der Waals surface area contributed by atoms with E-state index in [-0.39, 0.29) is 35.9 Å². The minimum absolute atomic E-state index is 0. The zero-order valence-corrected chi connectivity index (χ0v) is 13.7. The molecule has 1 aliphatic rings. The quantitative estimate of drug-likeness (QED) is 0.903. The van der Waals surface area contributed by atoms with Gasteiger partial charge in [-0.3, -0.25) is 4.79 Å². The minimum atomic E-state index is -0.298. The van der Waals surface area contributed by atoms with Crippen LogP contribution in [-0.2, 0) is 0 Å². The molecule has 2 heterocycles. The van der Waals surface area contributed by atoms with Gasteiger partial charge in [-0.25, -0.2) is 4.39 Å². The molecule has 2 atom stereocenters. The zero-order valence-electron chi connectivity index (χ0n) is 12.8. The average Bonchev–Trinajstić information content (AvgIpc) is 3.00. The Morgan fingerprint density at radius 1 is 1.26 bits per heavy atom. The highest BCUT2D eigenvalue weighted by Gasteiger charge is 2.24. The van der Waals surface area contributed by atoms with Crippen LogP contribution in [0, 0.1) is 11.7 Å². The van der Waals surface area contributed by atoms with Gasteiger partial charge in [0.25, 0.3) is 5.91 Å². The van der Waals surface area contributed by atoms with Crippen LogP contribution in [0.1, 0.15) is 23.9 Å². The van der Waals surface area contributed by atoms with Crippen LogP contribution in [0.2, 0.25) is 0 Å². The van der Waals surface area contributed by atoms with E-state index in [0.29, 0.717) is 11.7 Å². The van der Waals surface area contributed by atoms with E-state index in [4.69, 9.17) is 4.42 Å². The molecule has 0 aliphatic carbocycles. The Morgan fingerprint density at radius 3 is 2.70 bits per heavy atom. The van der Waals surface area contributed by atoms with Gasteiger partial charge in [0.1, 0.15) is 11.6 Å². The third kappa shape index (κ3) is 4.12. The number of carbonyl (C=O) groups excluding carboxylic acids is 1. The lowest BCUT2D eigenvalue weighted by molar-refractivity contribution is 0.0887. The first-order valence-electron chi connectivity index (χ1n) is 7.51. The second-order valence-corrected chi connectivity index (χ2v) is 5.72. The van der Waals surface area contributed by atoms with Gasteiger partial charge in [-0.05, 0) is 61.8 Å². The van der Waals surface area contributed by atoms with Crippen molar-refractivity contribution in [3.63, 3.8) is 0 Å². The summed E-state index contributed by atoms with van der Waals surface area (Å²) in [5.41, 5.74) is 0.746. The van der Waals surface area contributed by atoms with Gasteiger partial charge in [-0.1, -0.05) is 6.92 Å². The fourth-order valence-corrected chi connectivity index (χ4v) is 2.70. The molecule has 3 rings (SSSR count). The molecule has 0 spiro atoms. The predicted octanol–water partition coefficient (Wildman–Crippen LogP) is 3.24. The first-order chi connectivity index (χ1) is 10.6. The molecule has 4 nitrogen and oxygen atoms in total. The Bertz CT molecular complexity index is 657. The van der Waals surface area contributed by atoms with Crippen LogP contribution < -0.4 is 10.6 Å². The van der Waals surface area contributed by atoms with Crippen molar-refractivity contribution in [1.29, 1.82) is 0 Å². The standard InChI is InChI=1S/C17H19FN2O2.ClH/c1-11-10-19-9-8-14(11)20-17(21)16-7-6-15(22-16)12-2-4-13(18)5-3-12;/h2-7,11,14,19H,8-10H2,1H3,(H,20,21);1H. The Balaban J connectivity index is 0.00000192. The summed E-state index contributed by atoms with van der Waals surface area (Å²) >= 11 is 0. The van der Waals surface area contributed by atoms with Crippen LogP contribution in [0.15, 0.2) is 40.8 Å². The molecule has 2 N–H and O–H groups in total. The maximum absolute atomic E-state index is 12.9. The SMILES string of the molecule is CC1CNCCC1NC(=O)c1ccc(-c2ccc(F)cc2)o1.Cl. The smallest absolute Gasteiger partial charge is 0.287 e. The summed E-state index contributed by atoms with van der Waals surface area (Å²) in [7, 11) is 0. The maximum atomic E-state index is 12.9. The van der Waals surface area contributed by atoms with E-state index in [1.165, 1.54) is 12.1 Å². The fourth-order valence-electron chi connectivity index (χ4n) is 2.70. The predicted molar refractivity (Wildman–Crippen MR) is 89.3 cm³/mol. The third-order valence-corrected chi connectivity index (χ3v) is 4.06. The lowest BCUT2D eigenvalue weighted by Crippen LogP contribution is -2.48. The maximum Gasteiger partial charge on any atom is 0.287 e. The first-order valence-corrected chi connectivity index (χ1v) is 7.51. The molecular formula is C17H20ClFN2O2. The molecule has 1 saturated heterocycles. The Labute approximate surface area is 140 Å². The third-order valence-electron chi connectivity index (χ3n) is 4.06. The van der Waals surface area contributed by atoms with Gasteiger partial charge in [0.2, 0.25) is 0 Å². The number of rotatable bonds is 3. The van der Waals surface area contributed by atoms with Crippen LogP contribution in [0.5, 0.6) is 0 Å². The molecule has 1 fully saturated rings. The molecule has 0 saturated carbocycles. The first kappa shape index (κ1) is 17.5. The number of carbonyl (C=O) groups is 1. The number of amides is 1. The zero-order chi connectivity index (χ0) is 15.5. The number of benzene rings is 1. The highest BCUT2D eigenvalue weighted by atomic mass is 35.5. The van der Waals surface area contributed by atoms with Gasteiger partial charge in [-0.2, -0.15) is 0 Å². The molecule has 1 amide bonds. The fraction of sp³-hybridized carbons (Fsp3) is 0.353. The lowest BCUT2D eigenvalue weighted by Gasteiger charge is -2.29.